The molecule has 2 aromatic heterocycles. The quantitative estimate of drug-likeness (QED) is 0.521. The molecule has 0 aliphatic carbocycles. The predicted octanol–water partition coefficient (Wildman–Crippen LogP) is 3.80. The molecule has 0 unspecified atom stereocenters. The van der Waals surface area contributed by atoms with Gasteiger partial charge in [-0.3, -0.25) is 10.1 Å². The Morgan fingerprint density at radius 3 is 2.36 bits per heavy atom. The van der Waals surface area contributed by atoms with Gasteiger partial charge in [-0.25, -0.2) is 4.52 Å². The number of nitro groups is 1. The van der Waals surface area contributed by atoms with Crippen molar-refractivity contribution in [1.29, 1.82) is 0 Å². The van der Waals surface area contributed by atoms with E-state index in [1.54, 1.807) is 30.9 Å². The molecule has 0 radical (unpaired) electrons. The summed E-state index contributed by atoms with van der Waals surface area (Å²) in [6.45, 7) is 3.80. The van der Waals surface area contributed by atoms with E-state index >= 15 is 0 Å². The maximum absolute atomic E-state index is 11.5. The third kappa shape index (κ3) is 2.67. The van der Waals surface area contributed by atoms with Crippen LogP contribution in [0.3, 0.4) is 0 Å². The van der Waals surface area contributed by atoms with Gasteiger partial charge in [0.05, 0.1) is 30.4 Å². The third-order valence-electron chi connectivity index (χ3n) is 4.13. The van der Waals surface area contributed by atoms with E-state index in [9.17, 15) is 10.1 Å². The summed E-state index contributed by atoms with van der Waals surface area (Å²) in [5.74, 6) is 1.25. The molecule has 7 heteroatoms. The lowest BCUT2D eigenvalue weighted by Crippen LogP contribution is -2.00. The SMILES string of the molecule is CCc1nn2c(-c3c(OC)cc(C)cc3OC)cccc2c1[N+](=O)[O-]. The second-order valence-corrected chi connectivity index (χ2v) is 5.66. The van der Waals surface area contributed by atoms with Gasteiger partial charge < -0.3 is 9.47 Å². The second-order valence-electron chi connectivity index (χ2n) is 5.66. The van der Waals surface area contributed by atoms with Crippen molar-refractivity contribution in [3.05, 3.63) is 51.7 Å². The molecule has 0 atom stereocenters. The third-order valence-corrected chi connectivity index (χ3v) is 4.13. The van der Waals surface area contributed by atoms with E-state index < -0.39 is 0 Å². The molecule has 0 aliphatic rings. The molecule has 7 nitrogen and oxygen atoms in total. The summed E-state index contributed by atoms with van der Waals surface area (Å²) >= 11 is 0. The summed E-state index contributed by atoms with van der Waals surface area (Å²) in [4.78, 5) is 11.1. The zero-order valence-corrected chi connectivity index (χ0v) is 14.6. The molecule has 0 spiro atoms. The summed E-state index contributed by atoms with van der Waals surface area (Å²) in [7, 11) is 3.17. The Kier molecular flexibility index (Phi) is 4.31. The highest BCUT2D eigenvalue weighted by molar-refractivity contribution is 5.79. The van der Waals surface area contributed by atoms with Crippen LogP contribution < -0.4 is 9.47 Å². The molecule has 0 saturated heterocycles. The summed E-state index contributed by atoms with van der Waals surface area (Å²) in [6, 6.07) is 9.11. The van der Waals surface area contributed by atoms with Crippen molar-refractivity contribution in [3.63, 3.8) is 0 Å². The number of hydrogen-bond acceptors (Lipinski definition) is 5. The Hall–Kier alpha value is -3.09. The van der Waals surface area contributed by atoms with Gasteiger partial charge in [0.1, 0.15) is 22.7 Å². The zero-order valence-electron chi connectivity index (χ0n) is 14.6. The first-order chi connectivity index (χ1) is 12.0. The molecule has 0 amide bonds. The van der Waals surface area contributed by atoms with Crippen LogP contribution in [0.15, 0.2) is 30.3 Å². The molecule has 130 valence electrons. The van der Waals surface area contributed by atoms with Crippen molar-refractivity contribution in [3.8, 4) is 22.8 Å². The first-order valence-corrected chi connectivity index (χ1v) is 7.89. The smallest absolute Gasteiger partial charge is 0.317 e. The molecule has 0 aliphatic heterocycles. The second kappa shape index (κ2) is 6.43. The standard InChI is InChI=1S/C18H19N3O4/c1-5-12-18(21(22)23)14-8-6-7-13(20(14)19-12)17-15(24-3)9-11(2)10-16(17)25-4/h6-10H,5H2,1-4H3. The number of ether oxygens (including phenoxy) is 2. The highest BCUT2D eigenvalue weighted by Gasteiger charge is 2.25. The highest BCUT2D eigenvalue weighted by atomic mass is 16.6. The molecule has 0 saturated carbocycles. The number of nitrogens with zero attached hydrogens (tertiary/aromatic N) is 3. The summed E-state index contributed by atoms with van der Waals surface area (Å²) in [6.07, 6.45) is 0.472. The maximum atomic E-state index is 11.5. The normalized spacial score (nSPS) is 10.9. The molecular formula is C18H19N3O4. The molecule has 3 rings (SSSR count). The van der Waals surface area contributed by atoms with E-state index in [4.69, 9.17) is 9.47 Å². The van der Waals surface area contributed by atoms with E-state index in [1.807, 2.05) is 32.0 Å². The van der Waals surface area contributed by atoms with Gasteiger partial charge in [-0.1, -0.05) is 13.0 Å². The van der Waals surface area contributed by atoms with Crippen molar-refractivity contribution in [2.75, 3.05) is 14.2 Å². The van der Waals surface area contributed by atoms with Crippen LogP contribution in [0.2, 0.25) is 0 Å². The summed E-state index contributed by atoms with van der Waals surface area (Å²) < 4.78 is 12.6. The molecular weight excluding hydrogens is 322 g/mol. The van der Waals surface area contributed by atoms with Crippen molar-refractivity contribution in [2.45, 2.75) is 20.3 Å². The van der Waals surface area contributed by atoms with Crippen LogP contribution in [0.1, 0.15) is 18.2 Å². The minimum Gasteiger partial charge on any atom is -0.496 e. The van der Waals surface area contributed by atoms with Crippen molar-refractivity contribution < 1.29 is 14.4 Å². The highest BCUT2D eigenvalue weighted by Crippen LogP contribution is 2.40. The Balaban J connectivity index is 2.40. The Labute approximate surface area is 144 Å². The number of hydrogen-bond donors (Lipinski definition) is 0. The van der Waals surface area contributed by atoms with Gasteiger partial charge in [-0.15, -0.1) is 0 Å². The lowest BCUT2D eigenvalue weighted by molar-refractivity contribution is -0.383. The van der Waals surface area contributed by atoms with E-state index in [-0.39, 0.29) is 10.6 Å². The van der Waals surface area contributed by atoms with Gasteiger partial charge in [-0.05, 0) is 43.2 Å². The first-order valence-electron chi connectivity index (χ1n) is 7.89. The molecule has 2 heterocycles. The fraction of sp³-hybridized carbons (Fsp3) is 0.278. The lowest BCUT2D eigenvalue weighted by atomic mass is 10.1. The van der Waals surface area contributed by atoms with Crippen LogP contribution in [-0.2, 0) is 6.42 Å². The molecule has 0 fully saturated rings. The lowest BCUT2D eigenvalue weighted by Gasteiger charge is -2.15. The number of aromatic nitrogens is 2. The summed E-state index contributed by atoms with van der Waals surface area (Å²) in [5.41, 5.74) is 3.31. The van der Waals surface area contributed by atoms with Gasteiger partial charge in [0.2, 0.25) is 0 Å². The average Bonchev–Trinajstić information content (AvgIpc) is 2.99. The molecule has 0 bridgehead atoms. The van der Waals surface area contributed by atoms with Gasteiger partial charge in [0, 0.05) is 0 Å². The largest absolute Gasteiger partial charge is 0.496 e. The Morgan fingerprint density at radius 1 is 1.20 bits per heavy atom. The number of aryl methyl sites for hydroxylation is 2. The number of methoxy groups -OCH3 is 2. The number of pyridine rings is 1. The number of fused-ring (bicyclic) bond motifs is 1. The minimum atomic E-state index is -0.380. The van der Waals surface area contributed by atoms with E-state index in [0.717, 1.165) is 5.56 Å². The van der Waals surface area contributed by atoms with E-state index in [2.05, 4.69) is 5.10 Å². The van der Waals surface area contributed by atoms with Gasteiger partial charge in [-0.2, -0.15) is 5.10 Å². The van der Waals surface area contributed by atoms with Gasteiger partial charge in [0.15, 0.2) is 0 Å². The van der Waals surface area contributed by atoms with Crippen LogP contribution >= 0.6 is 0 Å². The van der Waals surface area contributed by atoms with E-state index in [0.29, 0.717) is 40.4 Å². The molecule has 25 heavy (non-hydrogen) atoms. The van der Waals surface area contributed by atoms with Crippen molar-refractivity contribution in [2.24, 2.45) is 0 Å². The fourth-order valence-electron chi connectivity index (χ4n) is 3.03. The van der Waals surface area contributed by atoms with Gasteiger partial charge >= 0.3 is 5.69 Å². The first kappa shape index (κ1) is 16.8. The summed E-state index contributed by atoms with van der Waals surface area (Å²) in [5, 5.41) is 16.0. The molecule has 3 aromatic rings. The monoisotopic (exact) mass is 341 g/mol. The maximum Gasteiger partial charge on any atom is 0.317 e. The van der Waals surface area contributed by atoms with Crippen molar-refractivity contribution in [1.82, 2.24) is 9.61 Å². The van der Waals surface area contributed by atoms with Crippen LogP contribution in [0, 0.1) is 17.0 Å². The van der Waals surface area contributed by atoms with Gasteiger partial charge in [0.25, 0.3) is 0 Å². The number of benzene rings is 1. The minimum absolute atomic E-state index is 0.0365. The zero-order chi connectivity index (χ0) is 18.1. The van der Waals surface area contributed by atoms with Crippen LogP contribution in [0.5, 0.6) is 11.5 Å². The topological polar surface area (TPSA) is 78.9 Å². The number of rotatable bonds is 5. The predicted molar refractivity (Wildman–Crippen MR) is 94.5 cm³/mol. The van der Waals surface area contributed by atoms with Crippen LogP contribution in [-0.4, -0.2) is 28.8 Å². The van der Waals surface area contributed by atoms with Crippen molar-refractivity contribution >= 4 is 11.2 Å². The van der Waals surface area contributed by atoms with Crippen LogP contribution in [0.25, 0.3) is 16.8 Å². The van der Waals surface area contributed by atoms with E-state index in [1.165, 1.54) is 0 Å². The van der Waals surface area contributed by atoms with Crippen LogP contribution in [0.4, 0.5) is 5.69 Å². The molecule has 1 aromatic carbocycles. The Morgan fingerprint density at radius 2 is 1.84 bits per heavy atom. The fourth-order valence-corrected chi connectivity index (χ4v) is 3.03. The Bertz CT molecular complexity index is 937. The molecule has 0 N–H and O–H groups in total. The average molecular weight is 341 g/mol.